The summed E-state index contributed by atoms with van der Waals surface area (Å²) in [7, 11) is -3.23. The van der Waals surface area contributed by atoms with E-state index in [1.165, 1.54) is 12.8 Å². The number of nitrogens with zero attached hydrogens (tertiary/aromatic N) is 1. The lowest BCUT2D eigenvalue weighted by Crippen LogP contribution is -2.32. The van der Waals surface area contributed by atoms with Crippen LogP contribution >= 0.6 is 0 Å². The monoisotopic (exact) mass is 325 g/mol. The first-order chi connectivity index (χ1) is 10.4. The SMILES string of the molecule is CC(CO)C(c1ccc(S(=O)(=O)C(C)C)cc1)N1CCCC1. The van der Waals surface area contributed by atoms with E-state index in [-0.39, 0.29) is 18.6 Å². The fraction of sp³-hybridized carbons (Fsp3) is 0.647. The van der Waals surface area contributed by atoms with Crippen LogP contribution in [0.15, 0.2) is 29.2 Å². The molecule has 124 valence electrons. The van der Waals surface area contributed by atoms with Crippen LogP contribution in [0.4, 0.5) is 0 Å². The van der Waals surface area contributed by atoms with E-state index in [2.05, 4.69) is 4.90 Å². The summed E-state index contributed by atoms with van der Waals surface area (Å²) in [4.78, 5) is 2.77. The Morgan fingerprint density at radius 1 is 1.09 bits per heavy atom. The number of aliphatic hydroxyl groups excluding tert-OH is 1. The van der Waals surface area contributed by atoms with Gasteiger partial charge in [-0.3, -0.25) is 4.90 Å². The van der Waals surface area contributed by atoms with Crippen molar-refractivity contribution < 1.29 is 13.5 Å². The Morgan fingerprint density at radius 3 is 2.09 bits per heavy atom. The molecule has 1 aromatic carbocycles. The third-order valence-corrected chi connectivity index (χ3v) is 6.70. The van der Waals surface area contributed by atoms with E-state index in [4.69, 9.17) is 0 Å². The first kappa shape index (κ1) is 17.4. The topological polar surface area (TPSA) is 57.6 Å². The molecule has 1 saturated heterocycles. The quantitative estimate of drug-likeness (QED) is 0.873. The Labute approximate surface area is 134 Å². The minimum absolute atomic E-state index is 0.130. The summed E-state index contributed by atoms with van der Waals surface area (Å²) < 4.78 is 24.4. The van der Waals surface area contributed by atoms with Gasteiger partial charge in [-0.2, -0.15) is 0 Å². The summed E-state index contributed by atoms with van der Waals surface area (Å²) in [5, 5.41) is 9.15. The standard InChI is InChI=1S/C17H27NO3S/c1-13(2)22(20,21)16-8-6-15(7-9-16)17(14(3)12-19)18-10-4-5-11-18/h6-9,13-14,17,19H,4-5,10-12H2,1-3H3. The third kappa shape index (κ3) is 3.53. The van der Waals surface area contributed by atoms with Crippen LogP contribution in [0.3, 0.4) is 0 Å². The molecule has 1 aliphatic rings. The molecule has 0 bridgehead atoms. The van der Waals surface area contributed by atoms with Crippen LogP contribution in [0.25, 0.3) is 0 Å². The molecule has 0 spiro atoms. The average Bonchev–Trinajstić information content (AvgIpc) is 3.01. The number of hydrogen-bond acceptors (Lipinski definition) is 4. The maximum Gasteiger partial charge on any atom is 0.180 e. The summed E-state index contributed by atoms with van der Waals surface area (Å²) >= 11 is 0. The van der Waals surface area contributed by atoms with Gasteiger partial charge in [0.05, 0.1) is 10.1 Å². The van der Waals surface area contributed by atoms with Crippen molar-refractivity contribution in [2.24, 2.45) is 5.92 Å². The van der Waals surface area contributed by atoms with Crippen LogP contribution in [0.1, 0.15) is 45.2 Å². The summed E-state index contributed by atoms with van der Waals surface area (Å²) in [6.07, 6.45) is 2.38. The fourth-order valence-corrected chi connectivity index (χ4v) is 4.21. The summed E-state index contributed by atoms with van der Waals surface area (Å²) in [6.45, 7) is 7.66. The van der Waals surface area contributed by atoms with Crippen molar-refractivity contribution in [3.63, 3.8) is 0 Å². The highest BCUT2D eigenvalue weighted by atomic mass is 32.2. The van der Waals surface area contributed by atoms with Gasteiger partial charge in [-0.25, -0.2) is 8.42 Å². The number of benzene rings is 1. The van der Waals surface area contributed by atoms with Gasteiger partial charge in [0.25, 0.3) is 0 Å². The van der Waals surface area contributed by atoms with Gasteiger partial charge in [-0.05, 0) is 63.4 Å². The van der Waals surface area contributed by atoms with Crippen LogP contribution in [-0.4, -0.2) is 43.4 Å². The van der Waals surface area contributed by atoms with Crippen molar-refractivity contribution in [1.82, 2.24) is 4.90 Å². The van der Waals surface area contributed by atoms with Crippen LogP contribution in [0, 0.1) is 5.92 Å². The Kier molecular flexibility index (Phi) is 5.64. The molecule has 0 saturated carbocycles. The molecule has 2 atom stereocenters. The normalized spacial score (nSPS) is 19.5. The van der Waals surface area contributed by atoms with E-state index in [0.717, 1.165) is 18.7 Å². The molecule has 1 aromatic rings. The summed E-state index contributed by atoms with van der Waals surface area (Å²) in [5.41, 5.74) is 1.09. The minimum Gasteiger partial charge on any atom is -0.396 e. The maximum atomic E-state index is 12.2. The zero-order valence-electron chi connectivity index (χ0n) is 13.7. The van der Waals surface area contributed by atoms with Crippen molar-refractivity contribution in [1.29, 1.82) is 0 Å². The molecule has 5 heteroatoms. The van der Waals surface area contributed by atoms with E-state index in [1.54, 1.807) is 26.0 Å². The van der Waals surface area contributed by atoms with E-state index in [1.807, 2.05) is 19.1 Å². The molecule has 1 heterocycles. The van der Waals surface area contributed by atoms with Gasteiger partial charge in [-0.1, -0.05) is 19.1 Å². The molecule has 0 radical (unpaired) electrons. The van der Waals surface area contributed by atoms with Crippen LogP contribution < -0.4 is 0 Å². The Hall–Kier alpha value is -0.910. The lowest BCUT2D eigenvalue weighted by atomic mass is 9.94. The average molecular weight is 325 g/mol. The van der Waals surface area contributed by atoms with E-state index >= 15 is 0 Å². The zero-order chi connectivity index (χ0) is 16.3. The summed E-state index contributed by atoms with van der Waals surface area (Å²) in [6, 6.07) is 7.38. The molecular weight excluding hydrogens is 298 g/mol. The molecule has 0 amide bonds. The second-order valence-electron chi connectivity index (χ2n) is 6.51. The predicted molar refractivity (Wildman–Crippen MR) is 88.6 cm³/mol. The maximum absolute atomic E-state index is 12.2. The van der Waals surface area contributed by atoms with Gasteiger partial charge in [-0.15, -0.1) is 0 Å². The third-order valence-electron chi connectivity index (χ3n) is 4.53. The molecule has 2 unspecified atom stereocenters. The van der Waals surface area contributed by atoms with Crippen molar-refractivity contribution in [2.45, 2.75) is 49.8 Å². The Balaban J connectivity index is 2.30. The molecule has 1 aliphatic heterocycles. The molecule has 1 N–H and O–H groups in total. The molecule has 4 nitrogen and oxygen atoms in total. The van der Waals surface area contributed by atoms with Crippen molar-refractivity contribution in [3.05, 3.63) is 29.8 Å². The molecule has 0 aliphatic carbocycles. The highest BCUT2D eigenvalue weighted by molar-refractivity contribution is 7.92. The van der Waals surface area contributed by atoms with Gasteiger partial charge in [0.15, 0.2) is 9.84 Å². The van der Waals surface area contributed by atoms with Crippen molar-refractivity contribution in [2.75, 3.05) is 19.7 Å². The van der Waals surface area contributed by atoms with Crippen LogP contribution in [0.2, 0.25) is 0 Å². The molecular formula is C17H27NO3S. The van der Waals surface area contributed by atoms with Gasteiger partial charge in [0.2, 0.25) is 0 Å². The highest BCUT2D eigenvalue weighted by Gasteiger charge is 2.28. The number of hydrogen-bond donors (Lipinski definition) is 1. The van der Waals surface area contributed by atoms with Gasteiger partial charge < -0.3 is 5.11 Å². The fourth-order valence-electron chi connectivity index (χ4n) is 3.15. The smallest absolute Gasteiger partial charge is 0.180 e. The molecule has 22 heavy (non-hydrogen) atoms. The van der Waals surface area contributed by atoms with Gasteiger partial charge in [0.1, 0.15) is 0 Å². The zero-order valence-corrected chi connectivity index (χ0v) is 14.5. The molecule has 1 fully saturated rings. The first-order valence-electron chi connectivity index (χ1n) is 8.06. The van der Waals surface area contributed by atoms with Crippen molar-refractivity contribution >= 4 is 9.84 Å². The first-order valence-corrected chi connectivity index (χ1v) is 9.61. The largest absolute Gasteiger partial charge is 0.396 e. The van der Waals surface area contributed by atoms with E-state index < -0.39 is 15.1 Å². The minimum atomic E-state index is -3.23. The number of rotatable bonds is 6. The van der Waals surface area contributed by atoms with Gasteiger partial charge >= 0.3 is 0 Å². The van der Waals surface area contributed by atoms with Gasteiger partial charge in [0, 0.05) is 12.6 Å². The predicted octanol–water partition coefficient (Wildman–Crippen LogP) is 2.63. The summed E-state index contributed by atoms with van der Waals surface area (Å²) in [5.74, 6) is 0.130. The van der Waals surface area contributed by atoms with E-state index in [0.29, 0.717) is 4.90 Å². The Bertz CT molecular complexity index is 574. The lowest BCUT2D eigenvalue weighted by molar-refractivity contribution is 0.126. The number of likely N-dealkylation sites (tertiary alicyclic amines) is 1. The van der Waals surface area contributed by atoms with Crippen LogP contribution in [0.5, 0.6) is 0 Å². The second kappa shape index (κ2) is 7.11. The molecule has 2 rings (SSSR count). The lowest BCUT2D eigenvalue weighted by Gasteiger charge is -2.32. The second-order valence-corrected chi connectivity index (χ2v) is 9.01. The highest BCUT2D eigenvalue weighted by Crippen LogP contribution is 2.32. The van der Waals surface area contributed by atoms with Crippen molar-refractivity contribution in [3.8, 4) is 0 Å². The van der Waals surface area contributed by atoms with E-state index in [9.17, 15) is 13.5 Å². The number of aliphatic hydroxyl groups is 1. The van der Waals surface area contributed by atoms with Crippen LogP contribution in [-0.2, 0) is 9.84 Å². The Morgan fingerprint density at radius 2 is 1.64 bits per heavy atom. The molecule has 0 aromatic heterocycles. The number of sulfone groups is 1.